The summed E-state index contributed by atoms with van der Waals surface area (Å²) < 4.78 is 1.41. The third-order valence-corrected chi connectivity index (χ3v) is 4.06. The van der Waals surface area contributed by atoms with Crippen molar-refractivity contribution in [3.8, 4) is 0 Å². The summed E-state index contributed by atoms with van der Waals surface area (Å²) in [5, 5.41) is 13.5. The molecule has 108 valence electrons. The molecule has 0 radical (unpaired) electrons. The number of rotatable bonds is 3. The normalized spacial score (nSPS) is 10.2. The summed E-state index contributed by atoms with van der Waals surface area (Å²) in [4.78, 5) is 22.4. The zero-order chi connectivity index (χ0) is 15.6. The molecule has 2 rings (SSSR count). The van der Waals surface area contributed by atoms with Gasteiger partial charge < -0.3 is 5.32 Å². The number of nitro groups is 1. The first-order valence-corrected chi connectivity index (χ1v) is 7.55. The minimum atomic E-state index is -0.554. The van der Waals surface area contributed by atoms with E-state index in [2.05, 4.69) is 37.2 Å². The molecular weight excluding hydrogens is 427 g/mol. The molecule has 2 aromatic rings. The highest BCUT2D eigenvalue weighted by atomic mass is 79.9. The largest absolute Gasteiger partial charge is 0.320 e. The third-order valence-electron chi connectivity index (χ3n) is 2.58. The summed E-state index contributed by atoms with van der Waals surface area (Å²) in [7, 11) is 0. The molecule has 5 nitrogen and oxygen atoms in total. The van der Waals surface area contributed by atoms with Gasteiger partial charge in [-0.1, -0.05) is 27.5 Å². The average molecular weight is 434 g/mol. The lowest BCUT2D eigenvalue weighted by Gasteiger charge is -2.08. The number of halogens is 3. The lowest BCUT2D eigenvalue weighted by atomic mass is 10.2. The van der Waals surface area contributed by atoms with Gasteiger partial charge in [-0.05, 0) is 40.2 Å². The van der Waals surface area contributed by atoms with E-state index in [1.54, 1.807) is 18.2 Å². The summed E-state index contributed by atoms with van der Waals surface area (Å²) >= 11 is 12.5. The summed E-state index contributed by atoms with van der Waals surface area (Å²) in [6.45, 7) is 0. The number of nitro benzene ring substituents is 1. The predicted molar refractivity (Wildman–Crippen MR) is 87.9 cm³/mol. The van der Waals surface area contributed by atoms with Crippen LogP contribution >= 0.6 is 43.5 Å². The Kier molecular flexibility index (Phi) is 4.97. The number of hydrogen-bond acceptors (Lipinski definition) is 3. The Balaban J connectivity index is 2.31. The van der Waals surface area contributed by atoms with Crippen molar-refractivity contribution in [2.45, 2.75) is 0 Å². The van der Waals surface area contributed by atoms with Gasteiger partial charge >= 0.3 is 0 Å². The Morgan fingerprint density at radius 2 is 1.90 bits per heavy atom. The van der Waals surface area contributed by atoms with Crippen LogP contribution < -0.4 is 5.32 Å². The highest BCUT2D eigenvalue weighted by Gasteiger charge is 2.15. The molecule has 21 heavy (non-hydrogen) atoms. The van der Waals surface area contributed by atoms with E-state index < -0.39 is 10.8 Å². The summed E-state index contributed by atoms with van der Waals surface area (Å²) in [5.74, 6) is -0.420. The molecule has 0 aromatic heterocycles. The molecule has 0 aliphatic heterocycles. The van der Waals surface area contributed by atoms with E-state index in [-0.39, 0.29) is 16.4 Å². The third kappa shape index (κ3) is 3.81. The van der Waals surface area contributed by atoms with E-state index in [9.17, 15) is 14.9 Å². The Bertz CT molecular complexity index is 737. The lowest BCUT2D eigenvalue weighted by molar-refractivity contribution is -0.384. The smallest absolute Gasteiger partial charge is 0.271 e. The zero-order valence-corrected chi connectivity index (χ0v) is 14.2. The minimum absolute atomic E-state index is 0.149. The summed E-state index contributed by atoms with van der Waals surface area (Å²) in [5.41, 5.74) is 0.427. The molecule has 0 aliphatic rings. The molecule has 0 atom stereocenters. The monoisotopic (exact) mass is 432 g/mol. The second kappa shape index (κ2) is 6.55. The van der Waals surface area contributed by atoms with Crippen LogP contribution in [0.25, 0.3) is 0 Å². The van der Waals surface area contributed by atoms with Crippen LogP contribution in [0.5, 0.6) is 0 Å². The molecule has 0 spiro atoms. The molecule has 0 unspecified atom stereocenters. The van der Waals surface area contributed by atoms with Crippen molar-refractivity contribution < 1.29 is 9.72 Å². The van der Waals surface area contributed by atoms with Gasteiger partial charge in [-0.3, -0.25) is 14.9 Å². The van der Waals surface area contributed by atoms with Gasteiger partial charge in [-0.15, -0.1) is 0 Å². The van der Waals surface area contributed by atoms with Crippen molar-refractivity contribution >= 4 is 60.7 Å². The Morgan fingerprint density at radius 1 is 1.19 bits per heavy atom. The second-order valence-electron chi connectivity index (χ2n) is 4.00. The number of hydrogen-bond donors (Lipinski definition) is 1. The van der Waals surface area contributed by atoms with Crippen LogP contribution in [-0.4, -0.2) is 10.8 Å². The van der Waals surface area contributed by atoms with Crippen LogP contribution in [0.3, 0.4) is 0 Å². The maximum atomic E-state index is 12.2. The number of nitrogens with one attached hydrogen (secondary N) is 1. The maximum absolute atomic E-state index is 12.2. The molecule has 0 fully saturated rings. The van der Waals surface area contributed by atoms with Crippen LogP contribution in [0.2, 0.25) is 5.02 Å². The fourth-order valence-electron chi connectivity index (χ4n) is 1.59. The number of benzene rings is 2. The van der Waals surface area contributed by atoms with Crippen molar-refractivity contribution in [1.29, 1.82) is 0 Å². The summed E-state index contributed by atoms with van der Waals surface area (Å²) in [6, 6.07) is 8.92. The number of non-ortho nitro benzene ring substituents is 1. The number of anilines is 1. The Labute approximate surface area is 141 Å². The van der Waals surface area contributed by atoms with Crippen molar-refractivity contribution in [3.63, 3.8) is 0 Å². The van der Waals surface area contributed by atoms with Crippen LogP contribution in [-0.2, 0) is 0 Å². The second-order valence-corrected chi connectivity index (χ2v) is 6.18. The SMILES string of the molecule is O=C(Nc1cc([N+](=O)[O-])ccc1Cl)c1ccc(Br)cc1Br. The van der Waals surface area contributed by atoms with Crippen molar-refractivity contribution in [2.75, 3.05) is 5.32 Å². The van der Waals surface area contributed by atoms with Gasteiger partial charge in [-0.25, -0.2) is 0 Å². The molecule has 1 amide bonds. The first kappa shape index (κ1) is 15.9. The van der Waals surface area contributed by atoms with E-state index in [1.807, 2.05) is 0 Å². The van der Waals surface area contributed by atoms with Crippen LogP contribution in [0.4, 0.5) is 11.4 Å². The van der Waals surface area contributed by atoms with E-state index in [1.165, 1.54) is 18.2 Å². The van der Waals surface area contributed by atoms with E-state index in [4.69, 9.17) is 11.6 Å². The number of carbonyl (C=O) groups is 1. The Hall–Kier alpha value is -1.44. The molecule has 2 aromatic carbocycles. The van der Waals surface area contributed by atoms with E-state index >= 15 is 0 Å². The molecular formula is C13H7Br2ClN2O3. The van der Waals surface area contributed by atoms with Gasteiger partial charge in [0.1, 0.15) is 0 Å². The molecule has 0 bridgehead atoms. The standard InChI is InChI=1S/C13H7Br2ClN2O3/c14-7-1-3-9(10(15)5-7)13(19)17-12-6-8(18(20)21)2-4-11(12)16/h1-6H,(H,17,19). The fourth-order valence-corrected chi connectivity index (χ4v) is 2.98. The predicted octanol–water partition coefficient (Wildman–Crippen LogP) is 5.03. The molecule has 0 saturated heterocycles. The Morgan fingerprint density at radius 3 is 2.52 bits per heavy atom. The van der Waals surface area contributed by atoms with Crippen molar-refractivity contribution in [3.05, 3.63) is 66.0 Å². The minimum Gasteiger partial charge on any atom is -0.320 e. The van der Waals surface area contributed by atoms with Crippen LogP contribution in [0.1, 0.15) is 10.4 Å². The first-order chi connectivity index (χ1) is 9.88. The topological polar surface area (TPSA) is 72.2 Å². The van der Waals surface area contributed by atoms with E-state index in [0.717, 1.165) is 4.47 Å². The maximum Gasteiger partial charge on any atom is 0.271 e. The van der Waals surface area contributed by atoms with Gasteiger partial charge in [0.15, 0.2) is 0 Å². The lowest BCUT2D eigenvalue weighted by Crippen LogP contribution is -2.13. The van der Waals surface area contributed by atoms with Gasteiger partial charge in [0.25, 0.3) is 11.6 Å². The average Bonchev–Trinajstić information content (AvgIpc) is 2.40. The first-order valence-electron chi connectivity index (χ1n) is 5.59. The van der Waals surface area contributed by atoms with Gasteiger partial charge in [0, 0.05) is 21.1 Å². The number of nitrogens with zero attached hydrogens (tertiary/aromatic N) is 1. The van der Waals surface area contributed by atoms with Crippen molar-refractivity contribution in [2.24, 2.45) is 0 Å². The molecule has 0 heterocycles. The van der Waals surface area contributed by atoms with Crippen LogP contribution in [0, 0.1) is 10.1 Å². The molecule has 0 aliphatic carbocycles. The molecule has 0 saturated carbocycles. The van der Waals surface area contributed by atoms with E-state index in [0.29, 0.717) is 10.0 Å². The van der Waals surface area contributed by atoms with Crippen LogP contribution in [0.15, 0.2) is 45.3 Å². The number of amides is 1. The fraction of sp³-hybridized carbons (Fsp3) is 0. The van der Waals surface area contributed by atoms with Gasteiger partial charge in [0.05, 0.1) is 21.2 Å². The summed E-state index contributed by atoms with van der Waals surface area (Å²) in [6.07, 6.45) is 0. The molecule has 8 heteroatoms. The number of carbonyl (C=O) groups excluding carboxylic acids is 1. The highest BCUT2D eigenvalue weighted by Crippen LogP contribution is 2.28. The van der Waals surface area contributed by atoms with Crippen molar-refractivity contribution in [1.82, 2.24) is 0 Å². The van der Waals surface area contributed by atoms with Gasteiger partial charge in [-0.2, -0.15) is 0 Å². The quantitative estimate of drug-likeness (QED) is 0.544. The highest BCUT2D eigenvalue weighted by molar-refractivity contribution is 9.11. The zero-order valence-electron chi connectivity index (χ0n) is 10.3. The van der Waals surface area contributed by atoms with Gasteiger partial charge in [0.2, 0.25) is 0 Å². The molecule has 1 N–H and O–H groups in total.